The molecule has 0 fully saturated rings. The second kappa shape index (κ2) is 13.4. The zero-order valence-corrected chi connectivity index (χ0v) is 36.2. The van der Waals surface area contributed by atoms with Gasteiger partial charge in [0.25, 0.3) is 0 Å². The fourth-order valence-corrected chi connectivity index (χ4v) is 12.5. The summed E-state index contributed by atoms with van der Waals surface area (Å²) in [6, 6.07) is 84.6. The summed E-state index contributed by atoms with van der Waals surface area (Å²) in [6.07, 6.45) is 0. The molecule has 0 saturated carbocycles. The molecule has 15 rings (SSSR count). The molecule has 0 N–H and O–H groups in total. The van der Waals surface area contributed by atoms with Crippen LogP contribution in [-0.2, 0) is 10.8 Å². The van der Waals surface area contributed by atoms with Crippen molar-refractivity contribution in [3.8, 4) is 56.2 Å². The Labute approximate surface area is 387 Å². The fraction of sp³-hybridized carbons (Fsp3) is 0.0312. The van der Waals surface area contributed by atoms with E-state index < -0.39 is 10.8 Å². The molecule has 2 heterocycles. The molecule has 67 heavy (non-hydrogen) atoms. The topological polar surface area (TPSA) is 38.9 Å². The lowest BCUT2D eigenvalue weighted by atomic mass is 9.52. The van der Waals surface area contributed by atoms with Crippen LogP contribution in [0.15, 0.2) is 235 Å². The number of aromatic nitrogens is 2. The maximum atomic E-state index is 6.72. The van der Waals surface area contributed by atoms with Gasteiger partial charge in [-0.05, 0) is 114 Å². The van der Waals surface area contributed by atoms with Crippen molar-refractivity contribution in [1.82, 2.24) is 9.97 Å². The van der Waals surface area contributed by atoms with Crippen molar-refractivity contribution in [1.29, 1.82) is 0 Å². The minimum atomic E-state index is -0.655. The smallest absolute Gasteiger partial charge is 0.160 e. The van der Waals surface area contributed by atoms with Crippen LogP contribution in [0.1, 0.15) is 44.5 Å². The van der Waals surface area contributed by atoms with Crippen LogP contribution in [0.2, 0.25) is 0 Å². The quantitative estimate of drug-likeness (QED) is 0.178. The third-order valence-electron chi connectivity index (χ3n) is 15.2. The number of rotatable bonds is 3. The van der Waals surface area contributed by atoms with Crippen LogP contribution < -0.4 is 0 Å². The summed E-state index contributed by atoms with van der Waals surface area (Å²) in [5, 5.41) is 4.59. The van der Waals surface area contributed by atoms with E-state index in [4.69, 9.17) is 14.4 Å². The van der Waals surface area contributed by atoms with E-state index in [0.717, 1.165) is 55.4 Å². The molecule has 0 amide bonds. The van der Waals surface area contributed by atoms with E-state index in [1.54, 1.807) is 0 Å². The Kier molecular flexibility index (Phi) is 7.36. The van der Waals surface area contributed by atoms with Gasteiger partial charge in [0.05, 0.1) is 22.2 Å². The Morgan fingerprint density at radius 2 is 0.806 bits per heavy atom. The molecule has 2 spiro atoms. The molecular formula is C64H38N2O. The van der Waals surface area contributed by atoms with Crippen LogP contribution in [0.3, 0.4) is 0 Å². The largest absolute Gasteiger partial charge is 0.456 e. The predicted molar refractivity (Wildman–Crippen MR) is 271 cm³/mol. The van der Waals surface area contributed by atoms with Gasteiger partial charge in [-0.25, -0.2) is 9.97 Å². The molecule has 3 aliphatic carbocycles. The maximum Gasteiger partial charge on any atom is 0.160 e. The SMILES string of the molecule is c1ccc(-c2cc(-c3ccc4c(c3)-c3cc5oc6ccccc6c5cc3C43c4ccccc4C4(c5ccccc5-c5ccccc54)c4ccccc43)nc(-c3ccc4ccccc4c3)n2)cc1. The molecule has 0 bridgehead atoms. The van der Waals surface area contributed by atoms with Gasteiger partial charge in [-0.1, -0.05) is 194 Å². The van der Waals surface area contributed by atoms with Gasteiger partial charge in [0, 0.05) is 27.5 Å². The summed E-state index contributed by atoms with van der Waals surface area (Å²) in [6.45, 7) is 0. The first-order chi connectivity index (χ1) is 33.2. The summed E-state index contributed by atoms with van der Waals surface area (Å²) in [7, 11) is 0. The molecular weight excluding hydrogens is 813 g/mol. The predicted octanol–water partition coefficient (Wildman–Crippen LogP) is 15.6. The van der Waals surface area contributed by atoms with Crippen molar-refractivity contribution in [3.05, 3.63) is 275 Å². The van der Waals surface area contributed by atoms with Crippen molar-refractivity contribution >= 4 is 32.7 Å². The highest BCUT2D eigenvalue weighted by Crippen LogP contribution is 2.68. The Morgan fingerprint density at radius 1 is 0.284 bits per heavy atom. The first-order valence-corrected chi connectivity index (χ1v) is 23.1. The number of hydrogen-bond donors (Lipinski definition) is 0. The van der Waals surface area contributed by atoms with Crippen LogP contribution in [0.4, 0.5) is 0 Å². The van der Waals surface area contributed by atoms with Gasteiger partial charge in [-0.15, -0.1) is 0 Å². The molecule has 0 saturated heterocycles. The second-order valence-corrected chi connectivity index (χ2v) is 18.3. The summed E-state index contributed by atoms with van der Waals surface area (Å²) < 4.78 is 6.72. The molecule has 0 atom stereocenters. The lowest BCUT2D eigenvalue weighted by Gasteiger charge is -2.48. The van der Waals surface area contributed by atoms with Gasteiger partial charge in [0.2, 0.25) is 0 Å². The van der Waals surface area contributed by atoms with E-state index in [1.165, 1.54) is 72.1 Å². The Hall–Kier alpha value is -8.66. The highest BCUT2D eigenvalue weighted by atomic mass is 16.3. The molecule has 10 aromatic carbocycles. The van der Waals surface area contributed by atoms with E-state index in [1.807, 2.05) is 0 Å². The standard InChI is InChI=1S/C64H38N2O/c1-2-17-40(18-3-1)58-38-59(66-62(65-58)43-31-30-39-16-4-5-19-41(39)34-43)42-32-33-52-47(35-42)48-37-61-49(46-22-8-15-29-60(46)67-61)36-57(48)64(52)55-27-13-11-25-53(55)63(54-26-12-14-28-56(54)64)50-23-9-6-20-44(50)45-21-7-10-24-51(45)63/h1-38H. The van der Waals surface area contributed by atoms with Gasteiger partial charge in [-0.3, -0.25) is 0 Å². The Balaban J connectivity index is 1.03. The molecule has 0 unspecified atom stereocenters. The summed E-state index contributed by atoms with van der Waals surface area (Å²) in [5.41, 5.74) is 20.7. The Bertz CT molecular complexity index is 3970. The second-order valence-electron chi connectivity index (χ2n) is 18.3. The first kappa shape index (κ1) is 36.7. The maximum absolute atomic E-state index is 6.72. The molecule has 0 aliphatic heterocycles. The van der Waals surface area contributed by atoms with E-state index in [-0.39, 0.29) is 0 Å². The summed E-state index contributed by atoms with van der Waals surface area (Å²) >= 11 is 0. The summed E-state index contributed by atoms with van der Waals surface area (Å²) in [4.78, 5) is 10.6. The van der Waals surface area contributed by atoms with Gasteiger partial charge in [0.1, 0.15) is 11.2 Å². The van der Waals surface area contributed by atoms with Gasteiger partial charge in [0.15, 0.2) is 5.82 Å². The van der Waals surface area contributed by atoms with E-state index in [9.17, 15) is 0 Å². The van der Waals surface area contributed by atoms with E-state index in [2.05, 4.69) is 231 Å². The lowest BCUT2D eigenvalue weighted by molar-refractivity contribution is 0.633. The van der Waals surface area contributed by atoms with Crippen LogP contribution >= 0.6 is 0 Å². The highest BCUT2D eigenvalue weighted by molar-refractivity contribution is 6.08. The van der Waals surface area contributed by atoms with Crippen molar-refractivity contribution in [2.45, 2.75) is 10.8 Å². The molecule has 310 valence electrons. The molecule has 2 aromatic heterocycles. The van der Waals surface area contributed by atoms with Crippen molar-refractivity contribution in [2.75, 3.05) is 0 Å². The van der Waals surface area contributed by atoms with Gasteiger partial charge >= 0.3 is 0 Å². The van der Waals surface area contributed by atoms with Crippen molar-refractivity contribution < 1.29 is 4.42 Å². The number of benzene rings is 10. The monoisotopic (exact) mass is 850 g/mol. The van der Waals surface area contributed by atoms with E-state index in [0.29, 0.717) is 5.82 Å². The number of nitrogens with zero attached hydrogens (tertiary/aromatic N) is 2. The number of para-hydroxylation sites is 1. The van der Waals surface area contributed by atoms with Gasteiger partial charge < -0.3 is 4.42 Å². The van der Waals surface area contributed by atoms with Crippen molar-refractivity contribution in [3.63, 3.8) is 0 Å². The average Bonchev–Trinajstić information content (AvgIpc) is 4.01. The average molecular weight is 851 g/mol. The third kappa shape index (κ3) is 4.80. The number of hydrogen-bond acceptors (Lipinski definition) is 3. The normalized spacial score (nSPS) is 14.2. The van der Waals surface area contributed by atoms with Crippen LogP contribution in [0.5, 0.6) is 0 Å². The molecule has 3 aliphatic rings. The Morgan fingerprint density at radius 3 is 1.51 bits per heavy atom. The van der Waals surface area contributed by atoms with Gasteiger partial charge in [-0.2, -0.15) is 0 Å². The van der Waals surface area contributed by atoms with E-state index >= 15 is 0 Å². The fourth-order valence-electron chi connectivity index (χ4n) is 12.5. The highest BCUT2D eigenvalue weighted by Gasteiger charge is 2.59. The first-order valence-electron chi connectivity index (χ1n) is 23.1. The molecule has 0 radical (unpaired) electrons. The molecule has 3 heteroatoms. The third-order valence-corrected chi connectivity index (χ3v) is 15.2. The zero-order chi connectivity index (χ0) is 43.8. The van der Waals surface area contributed by atoms with Crippen molar-refractivity contribution in [2.24, 2.45) is 0 Å². The minimum Gasteiger partial charge on any atom is -0.456 e. The number of furan rings is 1. The number of fused-ring (bicyclic) bond motifs is 20. The van der Waals surface area contributed by atoms with Crippen LogP contribution in [0, 0.1) is 0 Å². The minimum absolute atomic E-state index is 0.519. The van der Waals surface area contributed by atoms with Crippen LogP contribution in [-0.4, -0.2) is 9.97 Å². The lowest BCUT2D eigenvalue weighted by Crippen LogP contribution is -2.43. The molecule has 3 nitrogen and oxygen atoms in total. The van der Waals surface area contributed by atoms with Crippen LogP contribution in [0.25, 0.3) is 88.9 Å². The molecule has 12 aromatic rings. The summed E-state index contributed by atoms with van der Waals surface area (Å²) in [5.74, 6) is 0.695. The zero-order valence-electron chi connectivity index (χ0n) is 36.2.